The van der Waals surface area contributed by atoms with E-state index in [4.69, 9.17) is 4.52 Å². The van der Waals surface area contributed by atoms with Crippen LogP contribution in [0.3, 0.4) is 0 Å². The Kier molecular flexibility index (Phi) is 6.94. The van der Waals surface area contributed by atoms with Crippen molar-refractivity contribution < 1.29 is 14.1 Å². The van der Waals surface area contributed by atoms with Crippen LogP contribution in [0.4, 0.5) is 5.69 Å². The maximum atomic E-state index is 13.5. The summed E-state index contributed by atoms with van der Waals surface area (Å²) < 4.78 is 5.32. The molecule has 2 aliphatic rings. The van der Waals surface area contributed by atoms with Crippen molar-refractivity contribution in [1.82, 2.24) is 15.0 Å². The molecule has 4 rings (SSSR count). The Bertz CT molecular complexity index is 956. The normalized spacial score (nSPS) is 22.2. The summed E-state index contributed by atoms with van der Waals surface area (Å²) in [6, 6.07) is 10.4. The van der Waals surface area contributed by atoms with Crippen molar-refractivity contribution in [2.45, 2.75) is 71.0 Å². The van der Waals surface area contributed by atoms with E-state index in [0.717, 1.165) is 36.9 Å². The maximum absolute atomic E-state index is 13.5. The lowest BCUT2D eigenvalue weighted by atomic mass is 9.93. The average molecular weight is 439 g/mol. The van der Waals surface area contributed by atoms with Crippen LogP contribution in [-0.2, 0) is 17.8 Å². The van der Waals surface area contributed by atoms with Gasteiger partial charge in [0.15, 0.2) is 5.69 Å². The van der Waals surface area contributed by atoms with Crippen LogP contribution < -0.4 is 4.90 Å². The third-order valence-electron chi connectivity index (χ3n) is 7.00. The maximum Gasteiger partial charge on any atom is 0.276 e. The van der Waals surface area contributed by atoms with E-state index in [1.165, 1.54) is 0 Å². The number of fused-ring (bicyclic) bond motifs is 3. The van der Waals surface area contributed by atoms with Crippen LogP contribution in [0, 0.1) is 0 Å². The molecule has 1 fully saturated rings. The van der Waals surface area contributed by atoms with E-state index >= 15 is 0 Å². The lowest BCUT2D eigenvalue weighted by molar-refractivity contribution is -0.118. The molecule has 0 N–H and O–H groups in total. The van der Waals surface area contributed by atoms with Gasteiger partial charge in [-0.3, -0.25) is 14.5 Å². The quantitative estimate of drug-likeness (QED) is 0.727. The minimum absolute atomic E-state index is 0.119. The van der Waals surface area contributed by atoms with Gasteiger partial charge in [0, 0.05) is 56.3 Å². The highest BCUT2D eigenvalue weighted by Crippen LogP contribution is 2.30. The minimum atomic E-state index is -0.119. The Morgan fingerprint density at radius 3 is 2.66 bits per heavy atom. The van der Waals surface area contributed by atoms with E-state index in [0.29, 0.717) is 50.0 Å². The first kappa shape index (κ1) is 22.5. The van der Waals surface area contributed by atoms with Crippen LogP contribution in [0.2, 0.25) is 0 Å². The van der Waals surface area contributed by atoms with Crippen molar-refractivity contribution in [1.29, 1.82) is 0 Å². The van der Waals surface area contributed by atoms with E-state index in [2.05, 4.69) is 17.1 Å². The van der Waals surface area contributed by atoms with E-state index in [-0.39, 0.29) is 17.9 Å². The van der Waals surface area contributed by atoms with Crippen LogP contribution >= 0.6 is 0 Å². The molecule has 0 aliphatic carbocycles. The highest BCUT2D eigenvalue weighted by Gasteiger charge is 2.33. The fourth-order valence-corrected chi connectivity index (χ4v) is 5.04. The lowest BCUT2D eigenvalue weighted by Gasteiger charge is -2.41. The topological polar surface area (TPSA) is 69.9 Å². The van der Waals surface area contributed by atoms with Crippen molar-refractivity contribution in [2.75, 3.05) is 25.0 Å². The fraction of sp³-hybridized carbons (Fsp3) is 0.560. The third-order valence-corrected chi connectivity index (χ3v) is 7.00. The summed E-state index contributed by atoms with van der Waals surface area (Å²) in [5.41, 5.74) is 2.25. The highest BCUT2D eigenvalue weighted by atomic mass is 16.5. The lowest BCUT2D eigenvalue weighted by Crippen LogP contribution is -2.50. The fourth-order valence-electron chi connectivity index (χ4n) is 5.04. The molecule has 1 aromatic carbocycles. The van der Waals surface area contributed by atoms with Gasteiger partial charge < -0.3 is 14.3 Å². The zero-order valence-corrected chi connectivity index (χ0v) is 19.4. The first-order valence-electron chi connectivity index (χ1n) is 11.9. The molecular weight excluding hydrogens is 404 g/mol. The van der Waals surface area contributed by atoms with Crippen molar-refractivity contribution in [2.24, 2.45) is 0 Å². The van der Waals surface area contributed by atoms with Gasteiger partial charge in [-0.2, -0.15) is 0 Å². The minimum Gasteiger partial charge on any atom is -0.361 e. The van der Waals surface area contributed by atoms with Gasteiger partial charge in [-0.15, -0.1) is 0 Å². The smallest absolute Gasteiger partial charge is 0.276 e. The Morgan fingerprint density at radius 2 is 1.91 bits per heavy atom. The van der Waals surface area contributed by atoms with E-state index in [9.17, 15) is 9.59 Å². The van der Waals surface area contributed by atoms with Crippen LogP contribution in [0.15, 0.2) is 34.9 Å². The summed E-state index contributed by atoms with van der Waals surface area (Å²) in [7, 11) is 2.17. The molecule has 7 heteroatoms. The number of likely N-dealkylation sites (N-methyl/N-ethyl adjacent to an activating group) is 1. The number of hydrogen-bond acceptors (Lipinski definition) is 5. The average Bonchev–Trinajstić information content (AvgIpc) is 3.29. The number of carbonyl (C=O) groups excluding carboxylic acids is 2. The zero-order chi connectivity index (χ0) is 22.7. The summed E-state index contributed by atoms with van der Waals surface area (Å²) in [4.78, 5) is 32.7. The second-order valence-corrected chi connectivity index (χ2v) is 8.94. The number of anilines is 1. The van der Waals surface area contributed by atoms with Crippen molar-refractivity contribution >= 4 is 17.5 Å². The Labute approximate surface area is 190 Å². The van der Waals surface area contributed by atoms with E-state index in [1.807, 2.05) is 47.9 Å². The zero-order valence-electron chi connectivity index (χ0n) is 19.4. The summed E-state index contributed by atoms with van der Waals surface area (Å²) in [6.07, 6.45) is 5.42. The number of para-hydroxylation sites is 1. The van der Waals surface area contributed by atoms with Gasteiger partial charge >= 0.3 is 0 Å². The molecule has 2 aromatic rings. The van der Waals surface area contributed by atoms with Gasteiger partial charge in [0.25, 0.3) is 5.91 Å². The molecule has 3 heterocycles. The number of aromatic nitrogens is 1. The van der Waals surface area contributed by atoms with Gasteiger partial charge in [0.2, 0.25) is 5.91 Å². The van der Waals surface area contributed by atoms with Crippen LogP contribution in [0.25, 0.3) is 0 Å². The number of aryl methyl sites for hydroxylation is 1. The Morgan fingerprint density at radius 1 is 1.12 bits per heavy atom. The van der Waals surface area contributed by atoms with Gasteiger partial charge in [-0.25, -0.2) is 0 Å². The van der Waals surface area contributed by atoms with E-state index < -0.39 is 0 Å². The SMILES string of the molecule is CCC(=O)N1CCC2CCCC(CN(C(=O)c3cc(CC)on3)Cc3ccccc31)N2C. The number of amides is 2. The standard InChI is InChI=1S/C25H34N4O3/c1-4-21-15-22(26-32-21)25(31)28-16-18-9-6-7-12-23(18)29(24(30)5-2)14-13-19-10-8-11-20(17-28)27(19)3/h6-7,9,12,15,19-20H,4-5,8,10-11,13-14,16-17H2,1-3H3. The van der Waals surface area contributed by atoms with Crippen LogP contribution in [0.5, 0.6) is 0 Å². The monoisotopic (exact) mass is 438 g/mol. The number of carbonyl (C=O) groups is 2. The molecule has 2 amide bonds. The summed E-state index contributed by atoms with van der Waals surface area (Å²) in [5, 5.41) is 4.04. The molecule has 0 saturated carbocycles. The van der Waals surface area contributed by atoms with Gasteiger partial charge in [0.1, 0.15) is 5.76 Å². The molecule has 32 heavy (non-hydrogen) atoms. The van der Waals surface area contributed by atoms with Gasteiger partial charge in [0.05, 0.1) is 0 Å². The third kappa shape index (κ3) is 4.58. The molecule has 1 saturated heterocycles. The number of nitrogens with zero attached hydrogens (tertiary/aromatic N) is 4. The first-order chi connectivity index (χ1) is 15.5. The molecular formula is C25H34N4O3. The Hall–Kier alpha value is -2.67. The highest BCUT2D eigenvalue weighted by molar-refractivity contribution is 5.94. The second-order valence-electron chi connectivity index (χ2n) is 8.94. The van der Waals surface area contributed by atoms with Crippen molar-refractivity contribution in [3.63, 3.8) is 0 Å². The molecule has 2 aliphatic heterocycles. The molecule has 172 valence electrons. The predicted molar refractivity (Wildman–Crippen MR) is 124 cm³/mol. The molecule has 2 bridgehead atoms. The van der Waals surface area contributed by atoms with E-state index in [1.54, 1.807) is 6.07 Å². The first-order valence-corrected chi connectivity index (χ1v) is 11.9. The number of benzene rings is 1. The Balaban J connectivity index is 1.74. The summed E-state index contributed by atoms with van der Waals surface area (Å²) >= 11 is 0. The number of piperidine rings is 1. The molecule has 0 spiro atoms. The molecule has 2 unspecified atom stereocenters. The summed E-state index contributed by atoms with van der Waals surface area (Å²) in [6.45, 7) is 5.66. The predicted octanol–water partition coefficient (Wildman–Crippen LogP) is 3.88. The van der Waals surface area contributed by atoms with Gasteiger partial charge in [-0.05, 0) is 37.9 Å². The molecule has 7 nitrogen and oxygen atoms in total. The molecule has 1 aromatic heterocycles. The molecule has 2 atom stereocenters. The summed E-state index contributed by atoms with van der Waals surface area (Å²) in [5.74, 6) is 0.709. The molecule has 0 radical (unpaired) electrons. The van der Waals surface area contributed by atoms with Crippen LogP contribution in [0.1, 0.15) is 67.8 Å². The van der Waals surface area contributed by atoms with Crippen LogP contribution in [-0.4, -0.2) is 59.0 Å². The second kappa shape index (κ2) is 9.86. The van der Waals surface area contributed by atoms with Crippen molar-refractivity contribution in [3.8, 4) is 0 Å². The number of rotatable bonds is 3. The number of hydrogen-bond donors (Lipinski definition) is 0. The largest absolute Gasteiger partial charge is 0.361 e. The van der Waals surface area contributed by atoms with Crippen molar-refractivity contribution in [3.05, 3.63) is 47.3 Å². The van der Waals surface area contributed by atoms with Gasteiger partial charge in [-0.1, -0.05) is 43.6 Å².